The number of anilines is 1. The number of carbonyl (C=O) groups is 4. The van der Waals surface area contributed by atoms with Gasteiger partial charge in [-0.1, -0.05) is 60.7 Å². The molecule has 0 unspecified atom stereocenters. The molecule has 0 spiro atoms. The molecule has 0 atom stereocenters. The van der Waals surface area contributed by atoms with Crippen LogP contribution in [0, 0.1) is 0 Å². The number of esters is 1. The fourth-order valence-electron chi connectivity index (χ4n) is 3.03. The summed E-state index contributed by atoms with van der Waals surface area (Å²) >= 11 is 0. The number of primary amides is 1. The molecule has 0 aliphatic rings. The summed E-state index contributed by atoms with van der Waals surface area (Å²) in [4.78, 5) is 50.0. The van der Waals surface area contributed by atoms with E-state index < -0.39 is 24.4 Å². The fourth-order valence-corrected chi connectivity index (χ4v) is 3.03. The van der Waals surface area contributed by atoms with E-state index >= 15 is 0 Å². The van der Waals surface area contributed by atoms with Gasteiger partial charge in [-0.15, -0.1) is 0 Å². The third-order valence-corrected chi connectivity index (χ3v) is 4.70. The van der Waals surface area contributed by atoms with Crippen molar-refractivity contribution >= 4 is 29.3 Å². The van der Waals surface area contributed by atoms with Gasteiger partial charge in [0.1, 0.15) is 0 Å². The van der Waals surface area contributed by atoms with Gasteiger partial charge in [-0.05, 0) is 24.3 Å². The predicted octanol–water partition coefficient (Wildman–Crippen LogP) is 2.98. The van der Waals surface area contributed by atoms with Gasteiger partial charge < -0.3 is 15.4 Å². The summed E-state index contributed by atoms with van der Waals surface area (Å²) in [5.41, 5.74) is 6.97. The molecule has 0 aliphatic carbocycles. The van der Waals surface area contributed by atoms with Crippen LogP contribution in [0.5, 0.6) is 0 Å². The number of benzene rings is 3. The zero-order valence-electron chi connectivity index (χ0n) is 17.3. The lowest BCUT2D eigenvalue weighted by Gasteiger charge is -2.22. The molecule has 0 bridgehead atoms. The first-order valence-corrected chi connectivity index (χ1v) is 9.96. The van der Waals surface area contributed by atoms with Crippen LogP contribution >= 0.6 is 0 Å². The minimum atomic E-state index is -0.694. The maximum absolute atomic E-state index is 12.6. The van der Waals surface area contributed by atoms with Crippen LogP contribution in [-0.2, 0) is 14.3 Å². The lowest BCUT2D eigenvalue weighted by molar-refractivity contribution is -0.121. The largest absolute Gasteiger partial charge is 0.452 e. The van der Waals surface area contributed by atoms with E-state index in [0.717, 1.165) is 0 Å². The number of ketones is 1. The minimum absolute atomic E-state index is 0.0223. The number of nitrogens with zero attached hydrogens (tertiary/aromatic N) is 1. The molecule has 2 N–H and O–H groups in total. The molecule has 0 saturated carbocycles. The van der Waals surface area contributed by atoms with Crippen LogP contribution in [0.4, 0.5) is 5.69 Å². The van der Waals surface area contributed by atoms with Gasteiger partial charge in [-0.2, -0.15) is 0 Å². The molecule has 0 radical (unpaired) electrons. The molecule has 32 heavy (non-hydrogen) atoms. The van der Waals surface area contributed by atoms with Gasteiger partial charge in [0.05, 0.1) is 5.56 Å². The Morgan fingerprint density at radius 1 is 0.719 bits per heavy atom. The van der Waals surface area contributed by atoms with Crippen molar-refractivity contribution in [2.45, 2.75) is 6.42 Å². The molecular weight excluding hydrogens is 408 g/mol. The number of amides is 2. The quantitative estimate of drug-likeness (QED) is 0.415. The summed E-state index contributed by atoms with van der Waals surface area (Å²) in [5.74, 6) is -1.88. The lowest BCUT2D eigenvalue weighted by atomic mass is 10.0. The Hall–Kier alpha value is -4.26. The fraction of sp³-hybridized carbons (Fsp3) is 0.120. The van der Waals surface area contributed by atoms with Crippen LogP contribution in [0.3, 0.4) is 0 Å². The molecule has 162 valence electrons. The van der Waals surface area contributed by atoms with Crippen LogP contribution < -0.4 is 10.6 Å². The van der Waals surface area contributed by atoms with Gasteiger partial charge in [-0.3, -0.25) is 14.4 Å². The van der Waals surface area contributed by atoms with Gasteiger partial charge in [0.2, 0.25) is 5.91 Å². The summed E-state index contributed by atoms with van der Waals surface area (Å²) in [7, 11) is 0. The van der Waals surface area contributed by atoms with Gasteiger partial charge in [0.25, 0.3) is 5.91 Å². The van der Waals surface area contributed by atoms with Crippen LogP contribution in [0.2, 0.25) is 0 Å². The first-order valence-electron chi connectivity index (χ1n) is 9.96. The third kappa shape index (κ3) is 5.89. The van der Waals surface area contributed by atoms with E-state index in [-0.39, 0.29) is 24.3 Å². The molecule has 0 saturated heterocycles. The molecule has 0 fully saturated rings. The van der Waals surface area contributed by atoms with E-state index in [2.05, 4.69) is 0 Å². The van der Waals surface area contributed by atoms with Crippen molar-refractivity contribution in [3.8, 4) is 0 Å². The number of ether oxygens (including phenoxy) is 1. The molecule has 2 amide bonds. The predicted molar refractivity (Wildman–Crippen MR) is 119 cm³/mol. The van der Waals surface area contributed by atoms with Crippen LogP contribution in [0.25, 0.3) is 0 Å². The topological polar surface area (TPSA) is 107 Å². The van der Waals surface area contributed by atoms with E-state index in [4.69, 9.17) is 10.5 Å². The second-order valence-electron chi connectivity index (χ2n) is 6.95. The van der Waals surface area contributed by atoms with Crippen molar-refractivity contribution < 1.29 is 23.9 Å². The summed E-state index contributed by atoms with van der Waals surface area (Å²) in [5, 5.41) is 0. The first-order chi connectivity index (χ1) is 15.5. The zero-order chi connectivity index (χ0) is 22.9. The number of para-hydroxylation sites is 1. The van der Waals surface area contributed by atoms with Gasteiger partial charge in [0.15, 0.2) is 12.4 Å². The Morgan fingerprint density at radius 3 is 1.84 bits per heavy atom. The van der Waals surface area contributed by atoms with Crippen LogP contribution in [-0.4, -0.2) is 36.7 Å². The van der Waals surface area contributed by atoms with Crippen molar-refractivity contribution in [3.05, 3.63) is 102 Å². The highest BCUT2D eigenvalue weighted by Gasteiger charge is 2.19. The summed E-state index contributed by atoms with van der Waals surface area (Å²) in [6.07, 6.45) is -0.0223. The molecule has 0 aromatic heterocycles. The molecule has 3 aromatic rings. The van der Waals surface area contributed by atoms with Crippen LogP contribution in [0.1, 0.15) is 32.7 Å². The van der Waals surface area contributed by atoms with Gasteiger partial charge in [0, 0.05) is 29.8 Å². The van der Waals surface area contributed by atoms with Crippen molar-refractivity contribution in [3.63, 3.8) is 0 Å². The molecule has 7 heteroatoms. The van der Waals surface area contributed by atoms with E-state index in [1.807, 2.05) is 6.07 Å². The van der Waals surface area contributed by atoms with Crippen molar-refractivity contribution in [2.75, 3.05) is 18.1 Å². The number of hydrogen-bond acceptors (Lipinski definition) is 5. The Morgan fingerprint density at radius 2 is 1.25 bits per heavy atom. The second-order valence-corrected chi connectivity index (χ2v) is 6.95. The van der Waals surface area contributed by atoms with E-state index in [9.17, 15) is 19.2 Å². The molecule has 0 aliphatic heterocycles. The van der Waals surface area contributed by atoms with Crippen LogP contribution in [0.15, 0.2) is 84.9 Å². The van der Waals surface area contributed by atoms with E-state index in [1.165, 1.54) is 29.2 Å². The average Bonchev–Trinajstić information content (AvgIpc) is 2.83. The zero-order valence-corrected chi connectivity index (χ0v) is 17.3. The summed E-state index contributed by atoms with van der Waals surface area (Å²) < 4.78 is 5.15. The summed E-state index contributed by atoms with van der Waals surface area (Å²) in [6, 6.07) is 23.6. The van der Waals surface area contributed by atoms with Gasteiger partial charge >= 0.3 is 5.97 Å². The number of hydrogen-bond donors (Lipinski definition) is 1. The molecule has 7 nitrogen and oxygen atoms in total. The highest BCUT2D eigenvalue weighted by atomic mass is 16.5. The molecule has 3 aromatic carbocycles. The lowest BCUT2D eigenvalue weighted by Crippen LogP contribution is -2.37. The van der Waals surface area contributed by atoms with Crippen molar-refractivity contribution in [1.29, 1.82) is 0 Å². The number of rotatable bonds is 9. The Labute approximate surface area is 185 Å². The first kappa shape index (κ1) is 22.4. The minimum Gasteiger partial charge on any atom is -0.452 e. The normalized spacial score (nSPS) is 10.2. The smallest absolute Gasteiger partial charge is 0.338 e. The maximum atomic E-state index is 12.6. The Kier molecular flexibility index (Phi) is 7.48. The van der Waals surface area contributed by atoms with E-state index in [0.29, 0.717) is 16.8 Å². The highest BCUT2D eigenvalue weighted by molar-refractivity contribution is 6.09. The van der Waals surface area contributed by atoms with Crippen molar-refractivity contribution in [1.82, 2.24) is 0 Å². The standard InChI is InChI=1S/C25H22N2O5/c26-22(28)15-16-27(21-9-5-2-6-10-21)23(29)17-32-25(31)20-13-11-19(12-14-20)24(30)18-7-3-1-4-8-18/h1-14H,15-17H2,(H2,26,28). The maximum Gasteiger partial charge on any atom is 0.338 e. The SMILES string of the molecule is NC(=O)CCN(C(=O)COC(=O)c1ccc(C(=O)c2ccccc2)cc1)c1ccccc1. The number of nitrogens with two attached hydrogens (primary N) is 1. The third-order valence-electron chi connectivity index (χ3n) is 4.70. The molecule has 3 rings (SSSR count). The second kappa shape index (κ2) is 10.7. The van der Waals surface area contributed by atoms with E-state index in [1.54, 1.807) is 54.6 Å². The Bertz CT molecular complexity index is 1100. The number of carbonyl (C=O) groups excluding carboxylic acids is 4. The molecular formula is C25H22N2O5. The highest BCUT2D eigenvalue weighted by Crippen LogP contribution is 2.15. The Balaban J connectivity index is 1.62. The molecule has 0 heterocycles. The van der Waals surface area contributed by atoms with Gasteiger partial charge in [-0.25, -0.2) is 4.79 Å². The summed E-state index contributed by atoms with van der Waals surface area (Å²) in [6.45, 7) is -0.427. The monoisotopic (exact) mass is 430 g/mol. The van der Waals surface area contributed by atoms with Crippen molar-refractivity contribution in [2.24, 2.45) is 5.73 Å². The average molecular weight is 430 g/mol.